The Morgan fingerprint density at radius 2 is 2.00 bits per heavy atom. The van der Waals surface area contributed by atoms with Crippen LogP contribution in [0.25, 0.3) is 0 Å². The lowest BCUT2D eigenvalue weighted by molar-refractivity contribution is 1.47. The summed E-state index contributed by atoms with van der Waals surface area (Å²) in [7, 11) is 0. The highest BCUT2D eigenvalue weighted by atomic mass is 32.2. The molecule has 1 rings (SSSR count). The SMILES string of the molecule is S=CCSc1ccccc1. The van der Waals surface area contributed by atoms with Crippen LogP contribution in [0, 0.1) is 0 Å². The molecule has 0 aliphatic rings. The Hall–Kier alpha value is -0.340. The summed E-state index contributed by atoms with van der Waals surface area (Å²) in [4.78, 5) is 1.28. The van der Waals surface area contributed by atoms with Gasteiger partial charge < -0.3 is 0 Å². The fourth-order valence-electron chi connectivity index (χ4n) is 0.647. The lowest BCUT2D eigenvalue weighted by Gasteiger charge is -1.93. The lowest BCUT2D eigenvalue weighted by atomic mass is 10.4. The number of benzene rings is 1. The second kappa shape index (κ2) is 4.47. The van der Waals surface area contributed by atoms with E-state index in [2.05, 4.69) is 12.1 Å². The minimum atomic E-state index is 0.916. The number of thioether (sulfide) groups is 1. The fourth-order valence-corrected chi connectivity index (χ4v) is 1.46. The molecule has 0 atom stereocenters. The minimum Gasteiger partial charge on any atom is -0.121 e. The molecule has 1 aromatic carbocycles. The molecule has 0 saturated carbocycles. The largest absolute Gasteiger partial charge is 0.121 e. The predicted octanol–water partition coefficient (Wildman–Crippen LogP) is 2.78. The molecule has 0 spiro atoms. The van der Waals surface area contributed by atoms with E-state index in [4.69, 9.17) is 12.2 Å². The minimum absolute atomic E-state index is 0.916. The van der Waals surface area contributed by atoms with E-state index in [1.165, 1.54) is 4.90 Å². The Labute approximate surface area is 70.6 Å². The van der Waals surface area contributed by atoms with Crippen LogP contribution < -0.4 is 0 Å². The van der Waals surface area contributed by atoms with Gasteiger partial charge in [-0.2, -0.15) is 0 Å². The van der Waals surface area contributed by atoms with Crippen LogP contribution in [-0.2, 0) is 0 Å². The first kappa shape index (κ1) is 7.76. The molecule has 0 nitrogen and oxygen atoms in total. The van der Waals surface area contributed by atoms with Crippen LogP contribution in [-0.4, -0.2) is 11.1 Å². The van der Waals surface area contributed by atoms with Crippen LogP contribution >= 0.6 is 24.0 Å². The Morgan fingerprint density at radius 1 is 1.30 bits per heavy atom. The maximum absolute atomic E-state index is 4.71. The zero-order valence-electron chi connectivity index (χ0n) is 5.49. The van der Waals surface area contributed by atoms with Crippen molar-refractivity contribution >= 4 is 29.3 Å². The van der Waals surface area contributed by atoms with E-state index in [0.717, 1.165) is 5.75 Å². The van der Waals surface area contributed by atoms with Gasteiger partial charge in [0.25, 0.3) is 0 Å². The Bertz CT molecular complexity index is 194. The van der Waals surface area contributed by atoms with Crippen molar-refractivity contribution < 1.29 is 0 Å². The van der Waals surface area contributed by atoms with Crippen molar-refractivity contribution in [2.24, 2.45) is 0 Å². The molecule has 0 aliphatic carbocycles. The Kier molecular flexibility index (Phi) is 3.47. The van der Waals surface area contributed by atoms with Crippen molar-refractivity contribution in [3.05, 3.63) is 30.3 Å². The Morgan fingerprint density at radius 3 is 2.60 bits per heavy atom. The molecule has 2 heteroatoms. The molecule has 0 saturated heterocycles. The van der Waals surface area contributed by atoms with Gasteiger partial charge in [-0.3, -0.25) is 0 Å². The van der Waals surface area contributed by atoms with Crippen molar-refractivity contribution in [1.82, 2.24) is 0 Å². The highest BCUT2D eigenvalue weighted by molar-refractivity contribution is 8.00. The van der Waals surface area contributed by atoms with Gasteiger partial charge in [0.15, 0.2) is 0 Å². The zero-order chi connectivity index (χ0) is 7.23. The molecule has 1 aromatic rings. The maximum Gasteiger partial charge on any atom is 0.0265 e. The quantitative estimate of drug-likeness (QED) is 0.503. The summed E-state index contributed by atoms with van der Waals surface area (Å²) in [6, 6.07) is 10.3. The van der Waals surface area contributed by atoms with E-state index in [1.54, 1.807) is 17.1 Å². The zero-order valence-corrected chi connectivity index (χ0v) is 7.12. The fraction of sp³-hybridized carbons (Fsp3) is 0.125. The summed E-state index contributed by atoms with van der Waals surface area (Å²) in [6.45, 7) is 0. The van der Waals surface area contributed by atoms with Gasteiger partial charge in [-0.1, -0.05) is 30.4 Å². The van der Waals surface area contributed by atoms with E-state index < -0.39 is 0 Å². The predicted molar refractivity (Wildman–Crippen MR) is 50.8 cm³/mol. The topological polar surface area (TPSA) is 0 Å². The molecular formula is C8H8S2. The molecule has 0 aromatic heterocycles. The van der Waals surface area contributed by atoms with E-state index in [-0.39, 0.29) is 0 Å². The van der Waals surface area contributed by atoms with Gasteiger partial charge in [0.2, 0.25) is 0 Å². The first-order chi connectivity index (χ1) is 4.93. The first-order valence-electron chi connectivity index (χ1n) is 3.05. The van der Waals surface area contributed by atoms with Crippen LogP contribution in [0.2, 0.25) is 0 Å². The molecule has 52 valence electrons. The molecule has 10 heavy (non-hydrogen) atoms. The average Bonchev–Trinajstić information content (AvgIpc) is 2.03. The molecule has 0 bridgehead atoms. The lowest BCUT2D eigenvalue weighted by Crippen LogP contribution is -1.74. The van der Waals surface area contributed by atoms with E-state index in [0.29, 0.717) is 0 Å². The van der Waals surface area contributed by atoms with Crippen LogP contribution in [0.5, 0.6) is 0 Å². The van der Waals surface area contributed by atoms with Crippen LogP contribution in [0.3, 0.4) is 0 Å². The normalized spacial score (nSPS) is 9.20. The van der Waals surface area contributed by atoms with Crippen molar-refractivity contribution in [3.8, 4) is 0 Å². The monoisotopic (exact) mass is 168 g/mol. The van der Waals surface area contributed by atoms with Crippen LogP contribution in [0.4, 0.5) is 0 Å². The van der Waals surface area contributed by atoms with Gasteiger partial charge >= 0.3 is 0 Å². The first-order valence-corrected chi connectivity index (χ1v) is 4.50. The van der Waals surface area contributed by atoms with Crippen molar-refractivity contribution in [2.45, 2.75) is 4.90 Å². The summed E-state index contributed by atoms with van der Waals surface area (Å²) in [6.07, 6.45) is 0. The van der Waals surface area contributed by atoms with E-state index in [1.807, 2.05) is 18.2 Å². The third-order valence-corrected chi connectivity index (χ3v) is 2.38. The van der Waals surface area contributed by atoms with Crippen LogP contribution in [0.1, 0.15) is 0 Å². The summed E-state index contributed by atoms with van der Waals surface area (Å²) >= 11 is 6.47. The second-order valence-corrected chi connectivity index (χ2v) is 3.22. The summed E-state index contributed by atoms with van der Waals surface area (Å²) in [5.74, 6) is 0.916. The molecular weight excluding hydrogens is 160 g/mol. The molecule has 0 radical (unpaired) electrons. The van der Waals surface area contributed by atoms with Gasteiger partial charge in [-0.05, 0) is 17.5 Å². The van der Waals surface area contributed by atoms with E-state index >= 15 is 0 Å². The number of thiocarbonyl (C=S) groups is 1. The molecule has 0 amide bonds. The van der Waals surface area contributed by atoms with Gasteiger partial charge in [-0.25, -0.2) is 0 Å². The highest BCUT2D eigenvalue weighted by Crippen LogP contribution is 2.14. The Balaban J connectivity index is 2.50. The highest BCUT2D eigenvalue weighted by Gasteiger charge is 1.86. The number of hydrogen-bond donors (Lipinski definition) is 0. The molecule has 0 unspecified atom stereocenters. The smallest absolute Gasteiger partial charge is 0.0265 e. The third kappa shape index (κ3) is 2.50. The van der Waals surface area contributed by atoms with Crippen molar-refractivity contribution in [1.29, 1.82) is 0 Å². The van der Waals surface area contributed by atoms with Crippen LogP contribution in [0.15, 0.2) is 35.2 Å². The maximum atomic E-state index is 4.71. The molecule has 0 heterocycles. The molecule has 0 aliphatic heterocycles. The summed E-state index contributed by atoms with van der Waals surface area (Å²) < 4.78 is 0. The van der Waals surface area contributed by atoms with Gasteiger partial charge in [0.05, 0.1) is 0 Å². The summed E-state index contributed by atoms with van der Waals surface area (Å²) in [5.41, 5.74) is 0. The van der Waals surface area contributed by atoms with Crippen molar-refractivity contribution in [3.63, 3.8) is 0 Å². The standard InChI is InChI=1S/C8H8S2/c9-6-7-10-8-4-2-1-3-5-8/h1-6H,7H2. The summed E-state index contributed by atoms with van der Waals surface area (Å²) in [5, 5.41) is 1.75. The molecule has 0 fully saturated rings. The average molecular weight is 168 g/mol. The van der Waals surface area contributed by atoms with Gasteiger partial charge in [0, 0.05) is 10.6 Å². The number of hydrogen-bond acceptors (Lipinski definition) is 2. The second-order valence-electron chi connectivity index (χ2n) is 1.79. The molecule has 0 N–H and O–H groups in total. The third-order valence-electron chi connectivity index (χ3n) is 1.06. The van der Waals surface area contributed by atoms with Crippen molar-refractivity contribution in [2.75, 3.05) is 5.75 Å². The van der Waals surface area contributed by atoms with Gasteiger partial charge in [0.1, 0.15) is 0 Å². The number of rotatable bonds is 3. The van der Waals surface area contributed by atoms with Gasteiger partial charge in [-0.15, -0.1) is 11.8 Å². The van der Waals surface area contributed by atoms with E-state index in [9.17, 15) is 0 Å².